The summed E-state index contributed by atoms with van der Waals surface area (Å²) in [4.78, 5) is 32.1. The molecule has 4 aromatic rings. The molecule has 10 heteroatoms. The molecule has 2 heterocycles. The van der Waals surface area contributed by atoms with Gasteiger partial charge >= 0.3 is 12.2 Å². The Bertz CT molecular complexity index is 1570. The number of hydrogen-bond donors (Lipinski definition) is 1. The van der Waals surface area contributed by atoms with E-state index in [1.54, 1.807) is 31.9 Å². The minimum Gasteiger partial charge on any atom is -0.445 e. The third-order valence-electron chi connectivity index (χ3n) is 7.00. The van der Waals surface area contributed by atoms with Gasteiger partial charge in [0.1, 0.15) is 29.7 Å². The lowest BCUT2D eigenvalue weighted by atomic mass is 9.91. The van der Waals surface area contributed by atoms with Crippen LogP contribution in [0.4, 0.5) is 18.4 Å². The predicted octanol–water partition coefficient (Wildman–Crippen LogP) is 6.71. The van der Waals surface area contributed by atoms with Crippen LogP contribution in [0.1, 0.15) is 43.8 Å². The van der Waals surface area contributed by atoms with Crippen LogP contribution in [0.15, 0.2) is 85.1 Å². The van der Waals surface area contributed by atoms with Gasteiger partial charge < -0.3 is 24.3 Å². The summed E-state index contributed by atoms with van der Waals surface area (Å²) in [6.45, 7) is 6.36. The van der Waals surface area contributed by atoms with Gasteiger partial charge in [-0.05, 0) is 50.1 Å². The Labute approximate surface area is 249 Å². The van der Waals surface area contributed by atoms with E-state index in [1.165, 1.54) is 0 Å². The maximum absolute atomic E-state index is 14.8. The summed E-state index contributed by atoms with van der Waals surface area (Å²) in [6, 6.07) is 21.5. The molecule has 5 rings (SSSR count). The van der Waals surface area contributed by atoms with Crippen LogP contribution in [0, 0.1) is 17.6 Å². The highest BCUT2D eigenvalue weighted by Crippen LogP contribution is 2.33. The zero-order chi connectivity index (χ0) is 30.6. The van der Waals surface area contributed by atoms with Crippen molar-refractivity contribution in [2.75, 3.05) is 13.1 Å². The maximum Gasteiger partial charge on any atom is 0.410 e. The fourth-order valence-electron chi connectivity index (χ4n) is 4.92. The van der Waals surface area contributed by atoms with Gasteiger partial charge in [-0.15, -0.1) is 0 Å². The number of amides is 2. The van der Waals surface area contributed by atoms with E-state index in [-0.39, 0.29) is 36.9 Å². The number of alkyl carbamates (subject to hydrolysis) is 1. The van der Waals surface area contributed by atoms with Crippen LogP contribution in [0.2, 0.25) is 0 Å². The third kappa shape index (κ3) is 7.57. The van der Waals surface area contributed by atoms with Crippen LogP contribution in [0.3, 0.4) is 0 Å². The molecule has 0 bridgehead atoms. The number of aromatic nitrogens is 2. The number of ether oxygens (including phenoxy) is 2. The fourth-order valence-corrected chi connectivity index (χ4v) is 4.92. The smallest absolute Gasteiger partial charge is 0.410 e. The molecule has 1 aliphatic heterocycles. The Hall–Kier alpha value is -4.73. The first-order valence-corrected chi connectivity index (χ1v) is 14.1. The Morgan fingerprint density at radius 2 is 1.63 bits per heavy atom. The van der Waals surface area contributed by atoms with Crippen molar-refractivity contribution in [3.63, 3.8) is 0 Å². The number of halogens is 2. The first-order chi connectivity index (χ1) is 20.6. The maximum atomic E-state index is 14.8. The average Bonchev–Trinajstić information content (AvgIpc) is 3.35. The lowest BCUT2D eigenvalue weighted by molar-refractivity contribution is 0.0254. The number of hydrogen-bond acceptors (Lipinski definition) is 5. The molecule has 1 aromatic heterocycles. The Balaban J connectivity index is 1.44. The number of likely N-dealkylation sites (tertiary alicyclic amines) is 1. The Morgan fingerprint density at radius 3 is 2.28 bits per heavy atom. The number of carbonyl (C=O) groups is 2. The molecule has 1 unspecified atom stereocenters. The number of benzene rings is 3. The zero-order valence-corrected chi connectivity index (χ0v) is 24.3. The van der Waals surface area contributed by atoms with Gasteiger partial charge in [0.15, 0.2) is 0 Å². The standard InChI is InChI=1S/C33H34F2N4O4/c1-33(2,3)43-31(40)37-29(24-18-39(19-24)32(41)42-21-23-12-8-5-9-13-23)30-36-28(26-16-25(34)14-15-27(26)35)20-38(30)17-22-10-6-4-7-11-22/h4-16,20,24,29H,17-19,21H2,1-3H3,(H,37,40). The van der Waals surface area contributed by atoms with E-state index in [0.717, 1.165) is 29.3 Å². The number of nitrogens with one attached hydrogen (secondary N) is 1. The van der Waals surface area contributed by atoms with Gasteiger partial charge in [-0.3, -0.25) is 0 Å². The first-order valence-electron chi connectivity index (χ1n) is 14.1. The third-order valence-corrected chi connectivity index (χ3v) is 7.00. The molecule has 224 valence electrons. The Kier molecular flexibility index (Phi) is 8.75. The van der Waals surface area contributed by atoms with Gasteiger partial charge in [0.25, 0.3) is 0 Å². The van der Waals surface area contributed by atoms with E-state index in [4.69, 9.17) is 14.5 Å². The largest absolute Gasteiger partial charge is 0.445 e. The lowest BCUT2D eigenvalue weighted by Crippen LogP contribution is -2.55. The van der Waals surface area contributed by atoms with Gasteiger partial charge in [0.05, 0.1) is 11.7 Å². The molecule has 43 heavy (non-hydrogen) atoms. The summed E-state index contributed by atoms with van der Waals surface area (Å²) in [5, 5.41) is 2.94. The van der Waals surface area contributed by atoms with E-state index in [0.29, 0.717) is 12.4 Å². The van der Waals surface area contributed by atoms with Gasteiger partial charge in [0, 0.05) is 37.3 Å². The van der Waals surface area contributed by atoms with Crippen molar-refractivity contribution in [2.45, 2.75) is 45.6 Å². The minimum atomic E-state index is -0.753. The molecule has 0 spiro atoms. The molecule has 1 N–H and O–H groups in total. The normalized spacial score (nSPS) is 14.1. The van der Waals surface area contributed by atoms with Crippen molar-refractivity contribution in [1.29, 1.82) is 0 Å². The van der Waals surface area contributed by atoms with Crippen LogP contribution >= 0.6 is 0 Å². The molecule has 1 fully saturated rings. The van der Waals surface area contributed by atoms with Crippen molar-refractivity contribution in [3.8, 4) is 11.3 Å². The summed E-state index contributed by atoms with van der Waals surface area (Å²) >= 11 is 0. The summed E-state index contributed by atoms with van der Waals surface area (Å²) in [5.41, 5.74) is 1.29. The van der Waals surface area contributed by atoms with Gasteiger partial charge in [0.2, 0.25) is 0 Å². The highest BCUT2D eigenvalue weighted by atomic mass is 19.1. The van der Waals surface area contributed by atoms with Crippen molar-refractivity contribution in [2.24, 2.45) is 5.92 Å². The molecule has 1 saturated heterocycles. The van der Waals surface area contributed by atoms with Crippen molar-refractivity contribution in [1.82, 2.24) is 19.8 Å². The predicted molar refractivity (Wildman–Crippen MR) is 157 cm³/mol. The van der Waals surface area contributed by atoms with Crippen LogP contribution in [-0.2, 0) is 22.6 Å². The lowest BCUT2D eigenvalue weighted by Gasteiger charge is -2.42. The van der Waals surface area contributed by atoms with Crippen molar-refractivity contribution >= 4 is 12.2 Å². The zero-order valence-electron chi connectivity index (χ0n) is 24.3. The van der Waals surface area contributed by atoms with Gasteiger partial charge in [-0.1, -0.05) is 60.7 Å². The molecular weight excluding hydrogens is 554 g/mol. The molecule has 0 radical (unpaired) electrons. The molecule has 0 saturated carbocycles. The van der Waals surface area contributed by atoms with Gasteiger partial charge in [-0.2, -0.15) is 0 Å². The summed E-state index contributed by atoms with van der Waals surface area (Å²) in [7, 11) is 0. The van der Waals surface area contributed by atoms with E-state index in [1.807, 2.05) is 65.2 Å². The van der Waals surface area contributed by atoms with E-state index < -0.39 is 35.5 Å². The molecule has 3 aromatic carbocycles. The van der Waals surface area contributed by atoms with Crippen LogP contribution in [-0.4, -0.2) is 45.3 Å². The minimum absolute atomic E-state index is 0.00352. The van der Waals surface area contributed by atoms with Crippen molar-refractivity contribution < 1.29 is 27.8 Å². The van der Waals surface area contributed by atoms with Gasteiger partial charge in [-0.25, -0.2) is 23.4 Å². The van der Waals surface area contributed by atoms with E-state index >= 15 is 0 Å². The molecule has 8 nitrogen and oxygen atoms in total. The number of rotatable bonds is 8. The first kappa shape index (κ1) is 29.8. The topological polar surface area (TPSA) is 85.7 Å². The highest BCUT2D eigenvalue weighted by Gasteiger charge is 2.41. The quantitative estimate of drug-likeness (QED) is 0.247. The molecule has 2 amide bonds. The fraction of sp³-hybridized carbons (Fsp3) is 0.303. The molecule has 0 aliphatic carbocycles. The Morgan fingerprint density at radius 1 is 0.977 bits per heavy atom. The van der Waals surface area contributed by atoms with E-state index in [9.17, 15) is 18.4 Å². The average molecular weight is 589 g/mol. The second kappa shape index (κ2) is 12.6. The van der Waals surface area contributed by atoms with Crippen LogP contribution in [0.5, 0.6) is 0 Å². The van der Waals surface area contributed by atoms with Crippen LogP contribution < -0.4 is 5.32 Å². The highest BCUT2D eigenvalue weighted by molar-refractivity contribution is 5.70. The molecule has 1 atom stereocenters. The summed E-state index contributed by atoms with van der Waals surface area (Å²) in [6.07, 6.45) is 0.524. The molecular formula is C33H34F2N4O4. The van der Waals surface area contributed by atoms with Crippen LogP contribution in [0.25, 0.3) is 11.3 Å². The number of imidazole rings is 1. The van der Waals surface area contributed by atoms with Crippen molar-refractivity contribution in [3.05, 3.63) is 114 Å². The second-order valence-electron chi connectivity index (χ2n) is 11.6. The summed E-state index contributed by atoms with van der Waals surface area (Å²) < 4.78 is 41.8. The second-order valence-corrected chi connectivity index (χ2v) is 11.6. The van der Waals surface area contributed by atoms with E-state index in [2.05, 4.69) is 5.32 Å². The molecule has 1 aliphatic rings. The monoisotopic (exact) mass is 588 g/mol. The number of carbonyl (C=O) groups excluding carboxylic acids is 2. The SMILES string of the molecule is CC(C)(C)OC(=O)NC(c1nc(-c2cc(F)ccc2F)cn1Cc1ccccc1)C1CN(C(=O)OCc2ccccc2)C1. The summed E-state index contributed by atoms with van der Waals surface area (Å²) in [5.74, 6) is -1.04. The number of nitrogens with zero attached hydrogens (tertiary/aromatic N) is 3.